The Kier molecular flexibility index (Phi) is 4.86. The van der Waals surface area contributed by atoms with E-state index in [1.54, 1.807) is 16.9 Å². The fourth-order valence-electron chi connectivity index (χ4n) is 8.29. The van der Waals surface area contributed by atoms with E-state index in [1.165, 1.54) is 0 Å². The molecule has 1 heterocycles. The Hall–Kier alpha value is -1.74. The maximum absolute atomic E-state index is 16.4. The largest absolute Gasteiger partial charge is 0.390 e. The van der Waals surface area contributed by atoms with E-state index >= 15 is 4.39 Å². The number of aliphatic hydroxyl groups is 1. The molecule has 0 unspecified atom stereocenters. The molecule has 1 aromatic rings. The fourth-order valence-corrected chi connectivity index (χ4v) is 8.29. The summed E-state index contributed by atoms with van der Waals surface area (Å²) in [5.41, 5.74) is -1.59. The number of carbonyl (C=O) groups excluding carboxylic acids is 1. The monoisotopic (exact) mass is 427 g/mol. The molecule has 8 atom stereocenters. The number of Topliss-reactive ketones (excluding diaryl/α,β-unsaturated/α-hetero) is 1. The molecule has 31 heavy (non-hydrogen) atoms. The minimum atomic E-state index is -1.14. The number of hydrogen-bond acceptors (Lipinski definition) is 4. The molecule has 1 aromatic heterocycles. The van der Waals surface area contributed by atoms with Crippen LogP contribution in [0.25, 0.3) is 0 Å². The van der Waals surface area contributed by atoms with Gasteiger partial charge in [0.05, 0.1) is 12.1 Å². The molecule has 5 nitrogen and oxygen atoms in total. The zero-order valence-corrected chi connectivity index (χ0v) is 18.7. The normalized spacial score (nSPS) is 46.5. The van der Waals surface area contributed by atoms with E-state index in [-0.39, 0.29) is 35.5 Å². The van der Waals surface area contributed by atoms with Crippen molar-refractivity contribution in [3.05, 3.63) is 18.0 Å². The van der Waals surface area contributed by atoms with Crippen LogP contribution < -0.4 is 0 Å². The van der Waals surface area contributed by atoms with E-state index in [1.807, 2.05) is 13.0 Å². The predicted octanol–water partition coefficient (Wildman–Crippen LogP) is 4.44. The molecule has 4 saturated carbocycles. The summed E-state index contributed by atoms with van der Waals surface area (Å²) in [6.45, 7) is 4.35. The van der Waals surface area contributed by atoms with Crippen LogP contribution in [0.1, 0.15) is 77.3 Å². The standard InChI is InChI=1S/C25H34FN3O2/c1-23(31)10-11-25(26)16(13-23)3-4-18-19-5-6-21(24(19,2)9-7-20(18)25)22(30)15-29-12-8-17(14-27)28-29/h8,12,16,18-21,31H,3-7,9-11,13,15H2,1-2H3/t16-,18+,19+,20+,21-,23-,24+,25-/m1/s1. The Balaban J connectivity index is 1.34. The molecule has 0 saturated heterocycles. The van der Waals surface area contributed by atoms with E-state index in [0.717, 1.165) is 38.5 Å². The van der Waals surface area contributed by atoms with Gasteiger partial charge in [0, 0.05) is 12.1 Å². The van der Waals surface area contributed by atoms with Gasteiger partial charge in [-0.15, -0.1) is 0 Å². The lowest BCUT2D eigenvalue weighted by Crippen LogP contribution is -2.58. The van der Waals surface area contributed by atoms with Gasteiger partial charge in [-0.05, 0) is 99.9 Å². The first kappa shape index (κ1) is 21.1. The van der Waals surface area contributed by atoms with Crippen molar-refractivity contribution >= 4 is 5.78 Å². The zero-order valence-electron chi connectivity index (χ0n) is 18.7. The van der Waals surface area contributed by atoms with Crippen molar-refractivity contribution in [3.8, 4) is 6.07 Å². The first-order valence-corrected chi connectivity index (χ1v) is 12.0. The van der Waals surface area contributed by atoms with Crippen LogP contribution in [0.3, 0.4) is 0 Å². The lowest BCUT2D eigenvalue weighted by molar-refractivity contribution is -0.166. The fraction of sp³-hybridized carbons (Fsp3) is 0.800. The minimum absolute atomic E-state index is 0.00596. The molecule has 0 amide bonds. The van der Waals surface area contributed by atoms with E-state index in [2.05, 4.69) is 12.0 Å². The molecular weight excluding hydrogens is 393 g/mol. The van der Waals surface area contributed by atoms with Gasteiger partial charge < -0.3 is 5.11 Å². The number of alkyl halides is 1. The van der Waals surface area contributed by atoms with Crippen molar-refractivity contribution in [2.45, 2.75) is 89.4 Å². The Morgan fingerprint density at radius 2 is 2.03 bits per heavy atom. The molecule has 6 heteroatoms. The van der Waals surface area contributed by atoms with Gasteiger partial charge in [-0.25, -0.2) is 4.39 Å². The number of nitriles is 1. The summed E-state index contributed by atoms with van der Waals surface area (Å²) in [5.74, 6) is 1.02. The van der Waals surface area contributed by atoms with Crippen molar-refractivity contribution in [1.82, 2.24) is 9.78 Å². The average Bonchev–Trinajstić information content (AvgIpc) is 3.31. The third-order valence-corrected chi connectivity index (χ3v) is 9.78. The number of fused-ring (bicyclic) bond motifs is 5. The van der Waals surface area contributed by atoms with Crippen molar-refractivity contribution in [2.24, 2.45) is 35.0 Å². The summed E-state index contributed by atoms with van der Waals surface area (Å²) < 4.78 is 18.0. The Morgan fingerprint density at radius 3 is 2.77 bits per heavy atom. The third-order valence-electron chi connectivity index (χ3n) is 9.78. The summed E-state index contributed by atoms with van der Waals surface area (Å²) in [4.78, 5) is 13.2. The molecule has 168 valence electrons. The number of rotatable bonds is 3. The van der Waals surface area contributed by atoms with Crippen LogP contribution in [0.15, 0.2) is 12.3 Å². The molecule has 0 aromatic carbocycles. The van der Waals surface area contributed by atoms with Crippen LogP contribution in [0, 0.1) is 46.3 Å². The molecule has 1 N–H and O–H groups in total. The van der Waals surface area contributed by atoms with Gasteiger partial charge in [0.1, 0.15) is 11.7 Å². The molecule has 0 spiro atoms. The van der Waals surface area contributed by atoms with Crippen molar-refractivity contribution in [3.63, 3.8) is 0 Å². The molecule has 0 aliphatic heterocycles. The molecule has 4 fully saturated rings. The van der Waals surface area contributed by atoms with Gasteiger partial charge in [-0.2, -0.15) is 10.4 Å². The first-order chi connectivity index (χ1) is 14.7. The Bertz CT molecular complexity index is 920. The quantitative estimate of drug-likeness (QED) is 0.774. The molecule has 0 bridgehead atoms. The van der Waals surface area contributed by atoms with E-state index in [9.17, 15) is 9.90 Å². The third kappa shape index (κ3) is 3.26. The van der Waals surface area contributed by atoms with Gasteiger partial charge in [-0.1, -0.05) is 6.92 Å². The van der Waals surface area contributed by atoms with Gasteiger partial charge in [0.2, 0.25) is 0 Å². The number of halogens is 1. The second-order valence-corrected chi connectivity index (χ2v) is 11.4. The van der Waals surface area contributed by atoms with Crippen LogP contribution in [-0.4, -0.2) is 31.9 Å². The van der Waals surface area contributed by atoms with E-state index in [0.29, 0.717) is 36.8 Å². The summed E-state index contributed by atoms with van der Waals surface area (Å²) in [6, 6.07) is 3.65. The number of hydrogen-bond donors (Lipinski definition) is 1. The Labute approximate surface area is 184 Å². The lowest BCUT2D eigenvalue weighted by atomic mass is 9.48. The van der Waals surface area contributed by atoms with Crippen LogP contribution >= 0.6 is 0 Å². The average molecular weight is 428 g/mol. The van der Waals surface area contributed by atoms with E-state index in [4.69, 9.17) is 5.26 Å². The highest BCUT2D eigenvalue weighted by Crippen LogP contribution is 2.66. The van der Waals surface area contributed by atoms with Gasteiger partial charge in [0.25, 0.3) is 0 Å². The predicted molar refractivity (Wildman–Crippen MR) is 114 cm³/mol. The van der Waals surface area contributed by atoms with Gasteiger partial charge in [-0.3, -0.25) is 9.48 Å². The maximum Gasteiger partial charge on any atom is 0.162 e. The highest BCUT2D eigenvalue weighted by molar-refractivity contribution is 5.82. The van der Waals surface area contributed by atoms with Crippen LogP contribution in [-0.2, 0) is 11.3 Å². The first-order valence-electron chi connectivity index (χ1n) is 12.0. The van der Waals surface area contributed by atoms with Crippen molar-refractivity contribution < 1.29 is 14.3 Å². The lowest BCUT2D eigenvalue weighted by Gasteiger charge is -2.59. The van der Waals surface area contributed by atoms with E-state index < -0.39 is 11.3 Å². The van der Waals surface area contributed by atoms with Crippen molar-refractivity contribution in [1.29, 1.82) is 5.26 Å². The second-order valence-electron chi connectivity index (χ2n) is 11.4. The molecular formula is C25H34FN3O2. The topological polar surface area (TPSA) is 78.9 Å². The molecule has 4 aliphatic rings. The number of ketones is 1. The van der Waals surface area contributed by atoms with Crippen LogP contribution in [0.2, 0.25) is 0 Å². The van der Waals surface area contributed by atoms with Crippen LogP contribution in [0.5, 0.6) is 0 Å². The Morgan fingerprint density at radius 1 is 1.23 bits per heavy atom. The van der Waals surface area contributed by atoms with Gasteiger partial charge >= 0.3 is 0 Å². The molecule has 4 aliphatic carbocycles. The summed E-state index contributed by atoms with van der Waals surface area (Å²) in [6.07, 6.45) is 8.88. The number of carbonyl (C=O) groups is 1. The zero-order chi connectivity index (χ0) is 22.0. The number of aromatic nitrogens is 2. The highest BCUT2D eigenvalue weighted by atomic mass is 19.1. The highest BCUT2D eigenvalue weighted by Gasteiger charge is 2.63. The smallest absolute Gasteiger partial charge is 0.162 e. The summed E-state index contributed by atoms with van der Waals surface area (Å²) >= 11 is 0. The summed E-state index contributed by atoms with van der Waals surface area (Å²) in [5, 5.41) is 23.7. The minimum Gasteiger partial charge on any atom is -0.390 e. The number of nitrogens with zero attached hydrogens (tertiary/aromatic N) is 3. The summed E-state index contributed by atoms with van der Waals surface area (Å²) in [7, 11) is 0. The molecule has 0 radical (unpaired) electrons. The van der Waals surface area contributed by atoms with Crippen LogP contribution in [0.4, 0.5) is 4.39 Å². The van der Waals surface area contributed by atoms with Crippen molar-refractivity contribution in [2.75, 3.05) is 0 Å². The molecule has 5 rings (SSSR count). The van der Waals surface area contributed by atoms with Gasteiger partial charge in [0.15, 0.2) is 11.5 Å². The maximum atomic E-state index is 16.4. The second kappa shape index (κ2) is 7.13. The SMILES string of the molecule is C[C@@]1(O)CC[C@@]2(F)[C@H](CC[C@H]3[C@@H]4CC[C@H](C(=O)Cn5ccc(C#N)n5)[C@@]4(C)CC[C@@H]32)C1.